The lowest BCUT2D eigenvalue weighted by molar-refractivity contribution is -0.304. The van der Waals surface area contributed by atoms with Crippen molar-refractivity contribution in [2.75, 3.05) is 13.7 Å². The zero-order valence-corrected chi connectivity index (χ0v) is 22.8. The molecule has 3 saturated carbocycles. The molecule has 8 unspecified atom stereocenters. The van der Waals surface area contributed by atoms with Gasteiger partial charge in [0, 0.05) is 5.92 Å². The number of fused-ring (bicyclic) bond motifs is 5. The number of rotatable bonds is 3. The number of aliphatic hydroxyl groups is 1. The Morgan fingerprint density at radius 2 is 1.81 bits per heavy atom. The molecule has 2 bridgehead atoms. The van der Waals surface area contributed by atoms with Gasteiger partial charge in [-0.1, -0.05) is 32.9 Å². The van der Waals surface area contributed by atoms with Crippen molar-refractivity contribution in [1.82, 2.24) is 0 Å². The van der Waals surface area contributed by atoms with Crippen LogP contribution in [0, 0.1) is 39.9 Å². The van der Waals surface area contributed by atoms with Gasteiger partial charge >= 0.3 is 11.9 Å². The number of Topliss-reactive ketones (excluding diaryl/α,β-unsaturated/α-hetero) is 1. The van der Waals surface area contributed by atoms with Crippen LogP contribution < -0.4 is 0 Å². The third-order valence-electron chi connectivity index (χ3n) is 10.6. The molecule has 8 nitrogen and oxygen atoms in total. The number of ether oxygens (including phenoxy) is 4. The largest absolute Gasteiger partial charge is 0.468 e. The van der Waals surface area contributed by atoms with Gasteiger partial charge in [0.15, 0.2) is 28.7 Å². The van der Waals surface area contributed by atoms with Crippen LogP contribution in [0.3, 0.4) is 0 Å². The van der Waals surface area contributed by atoms with Gasteiger partial charge in [-0.2, -0.15) is 0 Å². The molecule has 0 amide bonds. The molecule has 1 aliphatic heterocycles. The molecule has 0 radical (unpaired) electrons. The van der Waals surface area contributed by atoms with Crippen LogP contribution in [0.15, 0.2) is 23.3 Å². The van der Waals surface area contributed by atoms with Crippen LogP contribution in [0.25, 0.3) is 0 Å². The standard InChI is InChI=1S/C29H38O8/c1-14-12-28-15(2)10-18-19(25(18,3)4)17(20(28)30)11-16-13-35-26(5,6)37-22(16)29(28,33)21(14)36-24(32)27(8-9-27)23(31)34-7/h11-12,15,17-19,21-22,33H,8-10,13H2,1-7H3. The molecule has 202 valence electrons. The Bertz CT molecular complexity index is 1160. The average molecular weight is 515 g/mol. The molecular weight excluding hydrogens is 476 g/mol. The quantitative estimate of drug-likeness (QED) is 0.348. The molecule has 8 heteroatoms. The van der Waals surface area contributed by atoms with Gasteiger partial charge < -0.3 is 24.1 Å². The van der Waals surface area contributed by atoms with Crippen LogP contribution in [-0.2, 0) is 33.3 Å². The lowest BCUT2D eigenvalue weighted by atomic mass is 9.59. The number of hydrogen-bond donors (Lipinski definition) is 1. The van der Waals surface area contributed by atoms with Gasteiger partial charge in [0.25, 0.3) is 0 Å². The number of carbonyl (C=O) groups excluding carboxylic acids is 3. The van der Waals surface area contributed by atoms with Crippen LogP contribution >= 0.6 is 0 Å². The number of ketones is 1. The van der Waals surface area contributed by atoms with Crippen LogP contribution in [0.2, 0.25) is 0 Å². The minimum atomic E-state index is -1.89. The Morgan fingerprint density at radius 1 is 1.14 bits per heavy atom. The van der Waals surface area contributed by atoms with Gasteiger partial charge in [0.1, 0.15) is 6.10 Å². The number of methoxy groups -OCH3 is 1. The molecule has 1 spiro atoms. The normalized spacial score (nSPS) is 45.6. The van der Waals surface area contributed by atoms with Gasteiger partial charge in [0.05, 0.1) is 19.1 Å². The van der Waals surface area contributed by atoms with E-state index >= 15 is 0 Å². The first-order valence-corrected chi connectivity index (χ1v) is 13.5. The lowest BCUT2D eigenvalue weighted by Gasteiger charge is -2.52. The lowest BCUT2D eigenvalue weighted by Crippen LogP contribution is -2.68. The van der Waals surface area contributed by atoms with Gasteiger partial charge in [-0.25, -0.2) is 0 Å². The monoisotopic (exact) mass is 514 g/mol. The highest BCUT2D eigenvalue weighted by Crippen LogP contribution is 2.72. The fraction of sp³-hybridized carbons (Fsp3) is 0.759. The second-order valence-electron chi connectivity index (χ2n) is 13.4. The van der Waals surface area contributed by atoms with E-state index in [-0.39, 0.29) is 29.6 Å². The molecule has 0 aromatic heterocycles. The molecule has 0 aromatic carbocycles. The maximum absolute atomic E-state index is 14.7. The molecule has 5 aliphatic carbocycles. The van der Waals surface area contributed by atoms with E-state index < -0.39 is 52.3 Å². The summed E-state index contributed by atoms with van der Waals surface area (Å²) in [4.78, 5) is 40.6. The molecule has 6 rings (SSSR count). The van der Waals surface area contributed by atoms with Gasteiger partial charge in [-0.05, 0) is 74.3 Å². The van der Waals surface area contributed by atoms with Crippen molar-refractivity contribution >= 4 is 17.7 Å². The fourth-order valence-electron chi connectivity index (χ4n) is 8.33. The summed E-state index contributed by atoms with van der Waals surface area (Å²) in [7, 11) is 1.25. The first-order valence-electron chi connectivity index (χ1n) is 13.5. The van der Waals surface area contributed by atoms with E-state index in [4.69, 9.17) is 18.9 Å². The smallest absolute Gasteiger partial charge is 0.324 e. The number of carbonyl (C=O) groups is 3. The summed E-state index contributed by atoms with van der Waals surface area (Å²) in [5, 5.41) is 13.0. The first kappa shape index (κ1) is 25.3. The zero-order valence-electron chi connectivity index (χ0n) is 22.8. The van der Waals surface area contributed by atoms with Gasteiger partial charge in [-0.3, -0.25) is 14.4 Å². The fourth-order valence-corrected chi connectivity index (χ4v) is 8.33. The maximum Gasteiger partial charge on any atom is 0.324 e. The summed E-state index contributed by atoms with van der Waals surface area (Å²) in [5.74, 6) is -2.53. The van der Waals surface area contributed by atoms with Crippen molar-refractivity contribution < 1.29 is 38.4 Å². The first-order chi connectivity index (χ1) is 17.2. The Balaban J connectivity index is 1.51. The predicted molar refractivity (Wildman–Crippen MR) is 131 cm³/mol. The highest BCUT2D eigenvalue weighted by Gasteiger charge is 2.77. The Hall–Kier alpha value is -2.03. The summed E-state index contributed by atoms with van der Waals surface area (Å²) < 4.78 is 23.4. The van der Waals surface area contributed by atoms with Crippen LogP contribution in [0.5, 0.6) is 0 Å². The van der Waals surface area contributed by atoms with Crippen molar-refractivity contribution in [3.8, 4) is 0 Å². The zero-order chi connectivity index (χ0) is 26.9. The summed E-state index contributed by atoms with van der Waals surface area (Å²) in [6.45, 7) is 12.0. The third kappa shape index (κ3) is 2.98. The van der Waals surface area contributed by atoms with E-state index in [0.29, 0.717) is 29.9 Å². The Labute approximate surface area is 217 Å². The van der Waals surface area contributed by atoms with E-state index in [1.54, 1.807) is 20.8 Å². The molecular formula is C29H38O8. The topological polar surface area (TPSA) is 108 Å². The number of hydrogen-bond acceptors (Lipinski definition) is 8. The van der Waals surface area contributed by atoms with Gasteiger partial charge in [-0.15, -0.1) is 0 Å². The van der Waals surface area contributed by atoms with Crippen molar-refractivity contribution in [1.29, 1.82) is 0 Å². The van der Waals surface area contributed by atoms with Crippen LogP contribution in [-0.4, -0.2) is 60.1 Å². The van der Waals surface area contributed by atoms with Gasteiger partial charge in [0.2, 0.25) is 0 Å². The van der Waals surface area contributed by atoms with Crippen molar-refractivity contribution in [3.63, 3.8) is 0 Å². The summed E-state index contributed by atoms with van der Waals surface area (Å²) in [5.41, 5.74) is -3.24. The van der Waals surface area contributed by atoms with Crippen molar-refractivity contribution in [2.45, 2.75) is 84.4 Å². The highest BCUT2D eigenvalue weighted by molar-refractivity contribution is 6.03. The molecule has 1 heterocycles. The SMILES string of the molecule is COC(=O)C1(C(=O)OC2C(C)=CC34C(=O)C(C=C5COC(C)(C)OC5C23O)C2C(CC4C)C2(C)C)CC1. The predicted octanol–water partition coefficient (Wildman–Crippen LogP) is 3.12. The minimum Gasteiger partial charge on any atom is -0.468 e. The van der Waals surface area contributed by atoms with Crippen LogP contribution in [0.4, 0.5) is 0 Å². The third-order valence-corrected chi connectivity index (χ3v) is 10.6. The second kappa shape index (κ2) is 7.33. The van der Waals surface area contributed by atoms with E-state index in [9.17, 15) is 19.5 Å². The molecule has 37 heavy (non-hydrogen) atoms. The summed E-state index contributed by atoms with van der Waals surface area (Å²) >= 11 is 0. The van der Waals surface area contributed by atoms with E-state index in [0.717, 1.165) is 6.42 Å². The molecule has 4 fully saturated rings. The molecule has 6 aliphatic rings. The Morgan fingerprint density at radius 3 is 2.43 bits per heavy atom. The second-order valence-corrected chi connectivity index (χ2v) is 13.4. The number of esters is 2. The minimum absolute atomic E-state index is 0.0168. The highest BCUT2D eigenvalue weighted by atomic mass is 16.7. The molecule has 1 N–H and O–H groups in total. The summed E-state index contributed by atoms with van der Waals surface area (Å²) in [6.07, 6.45) is 3.18. The van der Waals surface area contributed by atoms with Crippen LogP contribution in [0.1, 0.15) is 60.8 Å². The molecule has 8 atom stereocenters. The molecule has 1 saturated heterocycles. The van der Waals surface area contributed by atoms with Crippen molar-refractivity contribution in [2.24, 2.45) is 39.9 Å². The maximum atomic E-state index is 14.7. The van der Waals surface area contributed by atoms with E-state index in [1.165, 1.54) is 7.11 Å². The Kier molecular flexibility index (Phi) is 5.00. The molecule has 0 aromatic rings. The summed E-state index contributed by atoms with van der Waals surface area (Å²) in [6, 6.07) is 0. The number of allylic oxidation sites excluding steroid dienone is 1. The van der Waals surface area contributed by atoms with E-state index in [2.05, 4.69) is 13.8 Å². The van der Waals surface area contributed by atoms with E-state index in [1.807, 2.05) is 19.1 Å². The average Bonchev–Trinajstić information content (AvgIpc) is 3.72. The van der Waals surface area contributed by atoms with Crippen molar-refractivity contribution in [3.05, 3.63) is 23.3 Å².